The van der Waals surface area contributed by atoms with Crippen molar-refractivity contribution >= 4 is 33.4 Å². The van der Waals surface area contributed by atoms with Gasteiger partial charge in [-0.05, 0) is 43.2 Å². The third-order valence-corrected chi connectivity index (χ3v) is 4.97. The Labute approximate surface area is 168 Å². The SMILES string of the molecule is CC(C)Cn1ccc2c(NC(=O)[C@H](C)n3nnc4ccccc4c3=O)cccc21. The van der Waals surface area contributed by atoms with E-state index in [0.29, 0.717) is 22.5 Å². The Balaban J connectivity index is 1.64. The van der Waals surface area contributed by atoms with E-state index in [4.69, 9.17) is 0 Å². The molecular weight excluding hydrogens is 366 g/mol. The molecule has 29 heavy (non-hydrogen) atoms. The van der Waals surface area contributed by atoms with Crippen LogP contribution in [0.3, 0.4) is 0 Å². The first-order valence-corrected chi connectivity index (χ1v) is 9.68. The zero-order chi connectivity index (χ0) is 20.5. The summed E-state index contributed by atoms with van der Waals surface area (Å²) >= 11 is 0. The zero-order valence-corrected chi connectivity index (χ0v) is 16.7. The summed E-state index contributed by atoms with van der Waals surface area (Å²) in [5, 5.41) is 12.4. The van der Waals surface area contributed by atoms with Crippen LogP contribution in [0.15, 0.2) is 59.5 Å². The molecule has 7 nitrogen and oxygen atoms in total. The Morgan fingerprint density at radius 2 is 1.83 bits per heavy atom. The minimum Gasteiger partial charge on any atom is -0.347 e. The van der Waals surface area contributed by atoms with Crippen LogP contribution >= 0.6 is 0 Å². The van der Waals surface area contributed by atoms with Gasteiger partial charge in [-0.25, -0.2) is 0 Å². The van der Waals surface area contributed by atoms with Crippen molar-refractivity contribution in [2.45, 2.75) is 33.4 Å². The van der Waals surface area contributed by atoms with Crippen LogP contribution in [-0.2, 0) is 11.3 Å². The fraction of sp³-hybridized carbons (Fsp3) is 0.273. The van der Waals surface area contributed by atoms with Crippen LogP contribution in [0.25, 0.3) is 21.8 Å². The molecule has 148 valence electrons. The quantitative estimate of drug-likeness (QED) is 0.565. The first kappa shape index (κ1) is 18.9. The third-order valence-electron chi connectivity index (χ3n) is 4.97. The van der Waals surface area contributed by atoms with Crippen molar-refractivity contribution in [3.63, 3.8) is 0 Å². The van der Waals surface area contributed by atoms with Gasteiger partial charge in [0.1, 0.15) is 11.6 Å². The van der Waals surface area contributed by atoms with E-state index in [-0.39, 0.29) is 11.5 Å². The number of fused-ring (bicyclic) bond motifs is 2. The van der Waals surface area contributed by atoms with Crippen molar-refractivity contribution in [3.8, 4) is 0 Å². The van der Waals surface area contributed by atoms with Gasteiger partial charge in [0.05, 0.1) is 16.6 Å². The van der Waals surface area contributed by atoms with Gasteiger partial charge in [0.2, 0.25) is 5.91 Å². The lowest BCUT2D eigenvalue weighted by atomic mass is 10.2. The molecule has 1 amide bonds. The maximum absolute atomic E-state index is 12.9. The molecular formula is C22H23N5O2. The molecule has 0 bridgehead atoms. The highest BCUT2D eigenvalue weighted by Crippen LogP contribution is 2.26. The third kappa shape index (κ3) is 3.51. The number of hydrogen-bond donors (Lipinski definition) is 1. The average molecular weight is 389 g/mol. The number of amides is 1. The number of carbonyl (C=O) groups is 1. The van der Waals surface area contributed by atoms with Gasteiger partial charge in [-0.3, -0.25) is 9.59 Å². The predicted octanol–water partition coefficient (Wildman–Crippen LogP) is 3.60. The molecule has 0 aliphatic heterocycles. The lowest BCUT2D eigenvalue weighted by molar-refractivity contribution is -0.119. The van der Waals surface area contributed by atoms with Crippen molar-refractivity contribution in [1.82, 2.24) is 19.6 Å². The van der Waals surface area contributed by atoms with Crippen molar-refractivity contribution in [2.75, 3.05) is 5.32 Å². The van der Waals surface area contributed by atoms with Gasteiger partial charge in [-0.2, -0.15) is 4.68 Å². The molecule has 1 N–H and O–H groups in total. The largest absolute Gasteiger partial charge is 0.347 e. The molecule has 0 saturated heterocycles. The molecule has 2 heterocycles. The second-order valence-electron chi connectivity index (χ2n) is 7.62. The predicted molar refractivity (Wildman–Crippen MR) is 114 cm³/mol. The van der Waals surface area contributed by atoms with Crippen LogP contribution in [-0.4, -0.2) is 25.5 Å². The summed E-state index contributed by atoms with van der Waals surface area (Å²) in [6.45, 7) is 6.88. The van der Waals surface area contributed by atoms with E-state index in [0.717, 1.165) is 22.1 Å². The number of aromatic nitrogens is 4. The minimum absolute atomic E-state index is 0.319. The highest BCUT2D eigenvalue weighted by atomic mass is 16.2. The highest BCUT2D eigenvalue weighted by Gasteiger charge is 2.20. The Bertz CT molecular complexity index is 1260. The van der Waals surface area contributed by atoms with Gasteiger partial charge >= 0.3 is 0 Å². The van der Waals surface area contributed by atoms with Crippen LogP contribution in [0.2, 0.25) is 0 Å². The summed E-state index contributed by atoms with van der Waals surface area (Å²) in [7, 11) is 0. The standard InChI is InChI=1S/C22H23N5O2/c1-14(2)13-26-12-11-16-18(9-6-10-20(16)26)23-21(28)15(3)27-22(29)17-7-4-5-8-19(17)24-25-27/h4-12,14-15H,13H2,1-3H3,(H,23,28)/t15-/m0/s1. The Morgan fingerprint density at radius 3 is 2.62 bits per heavy atom. The fourth-order valence-corrected chi connectivity index (χ4v) is 3.49. The van der Waals surface area contributed by atoms with Crippen LogP contribution in [0.1, 0.15) is 26.8 Å². The monoisotopic (exact) mass is 389 g/mol. The van der Waals surface area contributed by atoms with E-state index >= 15 is 0 Å². The molecule has 0 radical (unpaired) electrons. The number of hydrogen-bond acceptors (Lipinski definition) is 4. The number of carbonyl (C=O) groups excluding carboxylic acids is 1. The second kappa shape index (κ2) is 7.50. The summed E-state index contributed by atoms with van der Waals surface area (Å²) < 4.78 is 3.31. The topological polar surface area (TPSA) is 81.8 Å². The number of anilines is 1. The highest BCUT2D eigenvalue weighted by molar-refractivity contribution is 6.02. The molecule has 0 spiro atoms. The molecule has 2 aromatic heterocycles. The lowest BCUT2D eigenvalue weighted by Crippen LogP contribution is -2.34. The first-order valence-electron chi connectivity index (χ1n) is 9.68. The molecule has 4 rings (SSSR count). The summed E-state index contributed by atoms with van der Waals surface area (Å²) in [5.41, 5.74) is 1.95. The van der Waals surface area contributed by atoms with Crippen molar-refractivity contribution < 1.29 is 4.79 Å². The van der Waals surface area contributed by atoms with Gasteiger partial charge in [0.15, 0.2) is 0 Å². The van der Waals surface area contributed by atoms with Gasteiger partial charge in [-0.1, -0.05) is 37.3 Å². The minimum atomic E-state index is -0.799. The van der Waals surface area contributed by atoms with Crippen molar-refractivity contribution in [1.29, 1.82) is 0 Å². The number of rotatable bonds is 5. The molecule has 0 aliphatic rings. The first-order chi connectivity index (χ1) is 14.0. The number of benzene rings is 2. The molecule has 7 heteroatoms. The zero-order valence-electron chi connectivity index (χ0n) is 16.7. The maximum atomic E-state index is 12.9. The van der Waals surface area contributed by atoms with E-state index in [9.17, 15) is 9.59 Å². The summed E-state index contributed by atoms with van der Waals surface area (Å²) in [6, 6.07) is 14.0. The Hall–Kier alpha value is -3.48. The van der Waals surface area contributed by atoms with Gasteiger partial charge < -0.3 is 9.88 Å². The van der Waals surface area contributed by atoms with E-state index in [1.54, 1.807) is 31.2 Å². The summed E-state index contributed by atoms with van der Waals surface area (Å²) in [5.74, 6) is 0.197. The van der Waals surface area contributed by atoms with E-state index in [1.807, 2.05) is 30.5 Å². The van der Waals surface area contributed by atoms with E-state index in [1.165, 1.54) is 0 Å². The number of nitrogens with zero attached hydrogens (tertiary/aromatic N) is 4. The van der Waals surface area contributed by atoms with Crippen LogP contribution in [0, 0.1) is 5.92 Å². The lowest BCUT2D eigenvalue weighted by Gasteiger charge is -2.15. The molecule has 0 unspecified atom stereocenters. The van der Waals surface area contributed by atoms with Gasteiger partial charge in [0.25, 0.3) is 5.56 Å². The maximum Gasteiger partial charge on any atom is 0.278 e. The molecule has 4 aromatic rings. The molecule has 0 aliphatic carbocycles. The van der Waals surface area contributed by atoms with E-state index < -0.39 is 6.04 Å². The summed E-state index contributed by atoms with van der Waals surface area (Å²) in [4.78, 5) is 25.6. The van der Waals surface area contributed by atoms with Crippen LogP contribution in [0.4, 0.5) is 5.69 Å². The number of nitrogens with one attached hydrogen (secondary N) is 1. The second-order valence-corrected chi connectivity index (χ2v) is 7.62. The Morgan fingerprint density at radius 1 is 1.03 bits per heavy atom. The normalized spacial score (nSPS) is 12.6. The fourth-order valence-electron chi connectivity index (χ4n) is 3.49. The molecule has 0 saturated carbocycles. The average Bonchev–Trinajstić information content (AvgIpc) is 3.11. The van der Waals surface area contributed by atoms with Crippen molar-refractivity contribution in [3.05, 3.63) is 65.1 Å². The van der Waals surface area contributed by atoms with Crippen LogP contribution in [0.5, 0.6) is 0 Å². The molecule has 2 aromatic carbocycles. The molecule has 1 atom stereocenters. The van der Waals surface area contributed by atoms with Crippen molar-refractivity contribution in [2.24, 2.45) is 5.92 Å². The molecule has 0 fully saturated rings. The van der Waals surface area contributed by atoms with Gasteiger partial charge in [0, 0.05) is 18.1 Å². The van der Waals surface area contributed by atoms with Crippen LogP contribution < -0.4 is 10.9 Å². The Kier molecular flexibility index (Phi) is 4.88. The summed E-state index contributed by atoms with van der Waals surface area (Å²) in [6.07, 6.45) is 2.03. The van der Waals surface area contributed by atoms with Gasteiger partial charge in [-0.15, -0.1) is 5.10 Å². The van der Waals surface area contributed by atoms with E-state index in [2.05, 4.69) is 34.0 Å². The smallest absolute Gasteiger partial charge is 0.278 e.